The molecule has 0 saturated carbocycles. The first-order valence-electron chi connectivity index (χ1n) is 12.9. The molecule has 5 rings (SSSR count). The Labute approximate surface area is 227 Å². The number of hydrogen-bond acceptors (Lipinski definition) is 7. The fourth-order valence-corrected chi connectivity index (χ4v) is 4.68. The minimum Gasteiger partial charge on any atom is -0.454 e. The van der Waals surface area contributed by atoms with Crippen molar-refractivity contribution < 1.29 is 33.3 Å². The first-order chi connectivity index (χ1) is 19.1. The molecule has 0 unspecified atom stereocenters. The van der Waals surface area contributed by atoms with Gasteiger partial charge in [-0.1, -0.05) is 91.0 Å². The maximum absolute atomic E-state index is 13.0. The molecule has 2 aliphatic rings. The molecule has 202 valence electrons. The number of carbonyl (C=O) groups is 2. The van der Waals surface area contributed by atoms with Crippen molar-refractivity contribution in [3.8, 4) is 0 Å². The van der Waals surface area contributed by atoms with Crippen molar-refractivity contribution in [3.05, 3.63) is 114 Å². The van der Waals surface area contributed by atoms with Crippen molar-refractivity contribution in [2.75, 3.05) is 6.61 Å². The van der Waals surface area contributed by atoms with Gasteiger partial charge in [0, 0.05) is 18.6 Å². The van der Waals surface area contributed by atoms with Crippen LogP contribution in [0.1, 0.15) is 29.9 Å². The fourth-order valence-electron chi connectivity index (χ4n) is 4.68. The highest BCUT2D eigenvalue weighted by molar-refractivity contribution is 5.87. The molecule has 39 heavy (non-hydrogen) atoms. The molecule has 2 saturated heterocycles. The Bertz CT molecular complexity index is 1250. The number of nitrogens with one attached hydrogen (secondary N) is 1. The molecule has 2 heterocycles. The normalized spacial score (nSPS) is 26.5. The van der Waals surface area contributed by atoms with Gasteiger partial charge >= 0.3 is 5.97 Å². The van der Waals surface area contributed by atoms with Gasteiger partial charge in [-0.05, 0) is 17.2 Å². The zero-order valence-corrected chi connectivity index (χ0v) is 21.6. The first-order valence-corrected chi connectivity index (χ1v) is 12.9. The highest BCUT2D eigenvalue weighted by atomic mass is 16.8. The van der Waals surface area contributed by atoms with E-state index in [4.69, 9.17) is 23.7 Å². The summed E-state index contributed by atoms with van der Waals surface area (Å²) in [5.74, 6) is -0.893. The van der Waals surface area contributed by atoms with Crippen LogP contribution in [-0.2, 0) is 39.9 Å². The van der Waals surface area contributed by atoms with Crippen LogP contribution in [0.5, 0.6) is 0 Å². The van der Waals surface area contributed by atoms with Crippen molar-refractivity contribution in [3.63, 3.8) is 0 Å². The standard InChI is InChI=1S/C31H31NO7/c1-21(33)32-27-29(38-26(34)18-17-22-11-5-2-6-12-22)28-25(20-36-30(39-28)24-15-9-4-10-16-24)37-31(27)35-19-23-13-7-3-8-14-23/h2-18,25,27-31H,19-20H2,1H3,(H,32,33)/b18-17+/t25-,27+,28-,29+,30+,31-/m1/s1. The number of benzene rings is 3. The molecular weight excluding hydrogens is 498 g/mol. The van der Waals surface area contributed by atoms with Gasteiger partial charge in [0.25, 0.3) is 0 Å². The summed E-state index contributed by atoms with van der Waals surface area (Å²) in [6, 6.07) is 27.7. The SMILES string of the molecule is CC(=O)N[C@@H]1[C@H](OCc2ccccc2)O[C@@H]2CO[C@H](c3ccccc3)O[C@H]2[C@H]1OC(=O)/C=C/c1ccccc1. The molecule has 0 aromatic heterocycles. The van der Waals surface area contributed by atoms with E-state index in [-0.39, 0.29) is 19.1 Å². The molecule has 3 aromatic rings. The highest BCUT2D eigenvalue weighted by Crippen LogP contribution is 2.36. The topological polar surface area (TPSA) is 92.3 Å². The van der Waals surface area contributed by atoms with E-state index >= 15 is 0 Å². The maximum Gasteiger partial charge on any atom is 0.331 e. The Kier molecular flexibility index (Phi) is 8.80. The quantitative estimate of drug-likeness (QED) is 0.346. The Balaban J connectivity index is 1.40. The Morgan fingerprint density at radius 3 is 2.28 bits per heavy atom. The minimum absolute atomic E-state index is 0.191. The van der Waals surface area contributed by atoms with Crippen molar-refractivity contribution >= 4 is 18.0 Å². The fraction of sp³-hybridized carbons (Fsp3) is 0.290. The van der Waals surface area contributed by atoms with Gasteiger partial charge in [-0.15, -0.1) is 0 Å². The minimum atomic E-state index is -0.910. The number of amides is 1. The molecule has 1 amide bonds. The van der Waals surface area contributed by atoms with Crippen molar-refractivity contribution in [1.29, 1.82) is 0 Å². The number of fused-ring (bicyclic) bond motifs is 1. The monoisotopic (exact) mass is 529 g/mol. The smallest absolute Gasteiger partial charge is 0.331 e. The number of ether oxygens (including phenoxy) is 5. The van der Waals surface area contributed by atoms with Gasteiger partial charge in [0.15, 0.2) is 18.7 Å². The van der Waals surface area contributed by atoms with Crippen LogP contribution in [0.25, 0.3) is 6.08 Å². The molecule has 2 aliphatic heterocycles. The first kappa shape index (κ1) is 26.8. The molecule has 0 radical (unpaired) electrons. The second-order valence-electron chi connectivity index (χ2n) is 9.39. The summed E-state index contributed by atoms with van der Waals surface area (Å²) >= 11 is 0. The largest absolute Gasteiger partial charge is 0.454 e. The third-order valence-corrected chi connectivity index (χ3v) is 6.50. The van der Waals surface area contributed by atoms with Crippen LogP contribution < -0.4 is 5.32 Å². The van der Waals surface area contributed by atoms with Gasteiger partial charge in [0.1, 0.15) is 18.2 Å². The Morgan fingerprint density at radius 2 is 1.59 bits per heavy atom. The highest BCUT2D eigenvalue weighted by Gasteiger charge is 2.52. The average molecular weight is 530 g/mol. The summed E-state index contributed by atoms with van der Waals surface area (Å²) in [6.45, 7) is 1.82. The van der Waals surface area contributed by atoms with Gasteiger partial charge in [-0.3, -0.25) is 4.79 Å². The van der Waals surface area contributed by atoms with Crippen LogP contribution in [0.15, 0.2) is 97.1 Å². The molecule has 6 atom stereocenters. The Morgan fingerprint density at radius 1 is 0.923 bits per heavy atom. The predicted octanol–water partition coefficient (Wildman–Crippen LogP) is 4.17. The summed E-state index contributed by atoms with van der Waals surface area (Å²) in [5, 5.41) is 2.87. The van der Waals surface area contributed by atoms with Gasteiger partial charge in [0.05, 0.1) is 13.2 Å². The zero-order chi connectivity index (χ0) is 27.0. The Hall–Kier alpha value is -3.82. The molecule has 0 aliphatic carbocycles. The lowest BCUT2D eigenvalue weighted by Crippen LogP contribution is -2.67. The second-order valence-corrected chi connectivity index (χ2v) is 9.39. The molecule has 0 spiro atoms. The van der Waals surface area contributed by atoms with E-state index in [2.05, 4.69) is 5.32 Å². The number of hydrogen-bond donors (Lipinski definition) is 1. The van der Waals surface area contributed by atoms with E-state index in [9.17, 15) is 9.59 Å². The maximum atomic E-state index is 13.0. The van der Waals surface area contributed by atoms with Gasteiger partial charge < -0.3 is 29.0 Å². The van der Waals surface area contributed by atoms with Crippen LogP contribution in [0, 0.1) is 0 Å². The lowest BCUT2D eigenvalue weighted by atomic mass is 9.95. The molecule has 0 bridgehead atoms. The average Bonchev–Trinajstić information content (AvgIpc) is 2.97. The number of rotatable bonds is 8. The van der Waals surface area contributed by atoms with Crippen LogP contribution in [-0.4, -0.2) is 49.1 Å². The number of carbonyl (C=O) groups excluding carboxylic acids is 2. The van der Waals surface area contributed by atoms with Crippen molar-refractivity contribution in [2.24, 2.45) is 0 Å². The van der Waals surface area contributed by atoms with E-state index in [1.807, 2.05) is 91.0 Å². The summed E-state index contributed by atoms with van der Waals surface area (Å²) in [4.78, 5) is 25.3. The molecule has 2 fully saturated rings. The molecule has 3 aromatic carbocycles. The summed E-state index contributed by atoms with van der Waals surface area (Å²) < 4.78 is 30.7. The van der Waals surface area contributed by atoms with Crippen LogP contribution >= 0.6 is 0 Å². The summed E-state index contributed by atoms with van der Waals surface area (Å²) in [5.41, 5.74) is 2.61. The van der Waals surface area contributed by atoms with Crippen molar-refractivity contribution in [2.45, 2.75) is 50.5 Å². The second kappa shape index (κ2) is 12.8. The van der Waals surface area contributed by atoms with Gasteiger partial charge in [-0.25, -0.2) is 4.79 Å². The predicted molar refractivity (Wildman–Crippen MR) is 143 cm³/mol. The molecule has 8 heteroatoms. The van der Waals surface area contributed by atoms with E-state index in [0.29, 0.717) is 0 Å². The van der Waals surface area contributed by atoms with Crippen LogP contribution in [0.3, 0.4) is 0 Å². The zero-order valence-electron chi connectivity index (χ0n) is 21.6. The van der Waals surface area contributed by atoms with Gasteiger partial charge in [-0.2, -0.15) is 0 Å². The molecular formula is C31H31NO7. The summed E-state index contributed by atoms with van der Waals surface area (Å²) in [6.07, 6.45) is -0.773. The lowest BCUT2D eigenvalue weighted by molar-refractivity contribution is -0.346. The number of esters is 1. The van der Waals surface area contributed by atoms with Crippen LogP contribution in [0.2, 0.25) is 0 Å². The van der Waals surface area contributed by atoms with E-state index in [1.165, 1.54) is 13.0 Å². The van der Waals surface area contributed by atoms with E-state index in [0.717, 1.165) is 16.7 Å². The van der Waals surface area contributed by atoms with Gasteiger partial charge in [0.2, 0.25) is 5.91 Å². The lowest BCUT2D eigenvalue weighted by Gasteiger charge is -2.48. The molecule has 1 N–H and O–H groups in total. The van der Waals surface area contributed by atoms with Crippen molar-refractivity contribution in [1.82, 2.24) is 5.32 Å². The van der Waals surface area contributed by atoms with E-state index < -0.39 is 42.9 Å². The molecule has 8 nitrogen and oxygen atoms in total. The van der Waals surface area contributed by atoms with E-state index in [1.54, 1.807) is 6.08 Å². The summed E-state index contributed by atoms with van der Waals surface area (Å²) in [7, 11) is 0. The third kappa shape index (κ3) is 6.99. The van der Waals surface area contributed by atoms with Crippen LogP contribution in [0.4, 0.5) is 0 Å². The third-order valence-electron chi connectivity index (χ3n) is 6.50.